The van der Waals surface area contributed by atoms with Crippen molar-refractivity contribution in [2.75, 3.05) is 12.4 Å². The molecule has 1 N–H and O–H groups in total. The SMILES string of the molecule is CCOC(=O)CSc1nc2ccccc2[nH]c1=O. The summed E-state index contributed by atoms with van der Waals surface area (Å²) >= 11 is 1.08. The predicted octanol–water partition coefficient (Wildman–Crippen LogP) is 1.58. The van der Waals surface area contributed by atoms with Crippen LogP contribution in [0.3, 0.4) is 0 Å². The number of ether oxygens (including phenoxy) is 1. The quantitative estimate of drug-likeness (QED) is 0.670. The Morgan fingerprint density at radius 1 is 1.44 bits per heavy atom. The molecule has 6 heteroatoms. The molecule has 18 heavy (non-hydrogen) atoms. The summed E-state index contributed by atoms with van der Waals surface area (Å²) in [6.45, 7) is 2.07. The molecular formula is C12H12N2O3S. The Labute approximate surface area is 108 Å². The van der Waals surface area contributed by atoms with E-state index in [-0.39, 0.29) is 22.3 Å². The number of hydrogen-bond donors (Lipinski definition) is 1. The van der Waals surface area contributed by atoms with E-state index in [1.165, 1.54) is 0 Å². The van der Waals surface area contributed by atoms with Gasteiger partial charge in [-0.15, -0.1) is 0 Å². The van der Waals surface area contributed by atoms with Crippen LogP contribution in [0.1, 0.15) is 6.92 Å². The Bertz CT molecular complexity index is 624. The molecule has 0 spiro atoms. The van der Waals surface area contributed by atoms with Gasteiger partial charge in [0.2, 0.25) is 0 Å². The zero-order chi connectivity index (χ0) is 13.0. The number of aromatic nitrogens is 2. The number of benzene rings is 1. The fraction of sp³-hybridized carbons (Fsp3) is 0.250. The van der Waals surface area contributed by atoms with Gasteiger partial charge in [-0.3, -0.25) is 9.59 Å². The highest BCUT2D eigenvalue weighted by Gasteiger charge is 2.08. The van der Waals surface area contributed by atoms with Crippen LogP contribution in [0.5, 0.6) is 0 Å². The molecule has 5 nitrogen and oxygen atoms in total. The van der Waals surface area contributed by atoms with Gasteiger partial charge < -0.3 is 9.72 Å². The van der Waals surface area contributed by atoms with Crippen molar-refractivity contribution in [1.82, 2.24) is 9.97 Å². The Kier molecular flexibility index (Phi) is 3.99. The molecule has 2 aromatic rings. The third kappa shape index (κ3) is 2.89. The Morgan fingerprint density at radius 3 is 3.00 bits per heavy atom. The Hall–Kier alpha value is -1.82. The van der Waals surface area contributed by atoms with Crippen LogP contribution in [0.2, 0.25) is 0 Å². The summed E-state index contributed by atoms with van der Waals surface area (Å²) in [6, 6.07) is 7.25. The zero-order valence-corrected chi connectivity index (χ0v) is 10.6. The number of hydrogen-bond acceptors (Lipinski definition) is 5. The van der Waals surface area contributed by atoms with Crippen molar-refractivity contribution in [1.29, 1.82) is 0 Å². The summed E-state index contributed by atoms with van der Waals surface area (Å²) in [6.07, 6.45) is 0. The number of aromatic amines is 1. The summed E-state index contributed by atoms with van der Waals surface area (Å²) in [5.41, 5.74) is 1.09. The van der Waals surface area contributed by atoms with E-state index in [4.69, 9.17) is 4.74 Å². The lowest BCUT2D eigenvalue weighted by atomic mass is 10.3. The van der Waals surface area contributed by atoms with Crippen LogP contribution in [-0.2, 0) is 9.53 Å². The molecule has 1 aromatic heterocycles. The number of H-pyrrole nitrogens is 1. The van der Waals surface area contributed by atoms with Crippen LogP contribution >= 0.6 is 11.8 Å². The average Bonchev–Trinajstić information content (AvgIpc) is 2.36. The van der Waals surface area contributed by atoms with Crippen LogP contribution < -0.4 is 5.56 Å². The van der Waals surface area contributed by atoms with Crippen LogP contribution in [0.4, 0.5) is 0 Å². The van der Waals surface area contributed by atoms with E-state index in [9.17, 15) is 9.59 Å². The first-order chi connectivity index (χ1) is 8.70. The van der Waals surface area contributed by atoms with Crippen LogP contribution in [0.25, 0.3) is 11.0 Å². The second-order valence-electron chi connectivity index (χ2n) is 3.48. The minimum Gasteiger partial charge on any atom is -0.465 e. The number of rotatable bonds is 4. The lowest BCUT2D eigenvalue weighted by Crippen LogP contribution is -2.13. The standard InChI is InChI=1S/C12H12N2O3S/c1-2-17-10(15)7-18-12-11(16)13-8-5-3-4-6-9(8)14-12/h3-6H,2,7H2,1H3,(H,13,16). The van der Waals surface area contributed by atoms with E-state index in [0.29, 0.717) is 17.6 Å². The van der Waals surface area contributed by atoms with E-state index in [2.05, 4.69) is 9.97 Å². The largest absolute Gasteiger partial charge is 0.465 e. The maximum absolute atomic E-state index is 11.7. The summed E-state index contributed by atoms with van der Waals surface area (Å²) < 4.78 is 4.79. The van der Waals surface area contributed by atoms with Gasteiger partial charge in [0.05, 0.1) is 23.4 Å². The van der Waals surface area contributed by atoms with Crippen molar-refractivity contribution in [3.05, 3.63) is 34.6 Å². The first-order valence-corrected chi connectivity index (χ1v) is 6.46. The van der Waals surface area contributed by atoms with Crippen molar-refractivity contribution < 1.29 is 9.53 Å². The number of esters is 1. The summed E-state index contributed by atoms with van der Waals surface area (Å²) in [4.78, 5) is 29.9. The van der Waals surface area contributed by atoms with Crippen molar-refractivity contribution in [2.24, 2.45) is 0 Å². The third-order valence-corrected chi connectivity index (χ3v) is 3.13. The highest BCUT2D eigenvalue weighted by molar-refractivity contribution is 7.99. The van der Waals surface area contributed by atoms with Gasteiger partial charge in [-0.2, -0.15) is 0 Å². The number of nitrogens with zero attached hydrogens (tertiary/aromatic N) is 1. The lowest BCUT2D eigenvalue weighted by Gasteiger charge is -2.02. The van der Waals surface area contributed by atoms with Crippen LogP contribution in [0, 0.1) is 0 Å². The molecule has 2 rings (SSSR count). The van der Waals surface area contributed by atoms with E-state index in [1.807, 2.05) is 12.1 Å². The fourth-order valence-corrected chi connectivity index (χ4v) is 2.12. The van der Waals surface area contributed by atoms with Gasteiger partial charge in [-0.05, 0) is 19.1 Å². The number of para-hydroxylation sites is 2. The Balaban J connectivity index is 2.20. The van der Waals surface area contributed by atoms with Gasteiger partial charge >= 0.3 is 5.97 Å². The fourth-order valence-electron chi connectivity index (χ4n) is 1.44. The topological polar surface area (TPSA) is 72.0 Å². The average molecular weight is 264 g/mol. The molecule has 0 bridgehead atoms. The second kappa shape index (κ2) is 5.68. The van der Waals surface area contributed by atoms with Crippen LogP contribution in [-0.4, -0.2) is 28.3 Å². The number of carbonyl (C=O) groups excluding carboxylic acids is 1. The minimum atomic E-state index is -0.350. The predicted molar refractivity (Wildman–Crippen MR) is 69.7 cm³/mol. The molecule has 0 saturated carbocycles. The van der Waals surface area contributed by atoms with Crippen molar-refractivity contribution in [3.8, 4) is 0 Å². The molecule has 0 fully saturated rings. The van der Waals surface area contributed by atoms with Gasteiger partial charge in [0.1, 0.15) is 0 Å². The van der Waals surface area contributed by atoms with E-state index in [1.54, 1.807) is 19.1 Å². The van der Waals surface area contributed by atoms with Gasteiger partial charge in [0.15, 0.2) is 5.03 Å². The number of nitrogens with one attached hydrogen (secondary N) is 1. The molecule has 0 amide bonds. The van der Waals surface area contributed by atoms with Gasteiger partial charge in [0, 0.05) is 0 Å². The number of fused-ring (bicyclic) bond motifs is 1. The molecule has 0 unspecified atom stereocenters. The van der Waals surface area contributed by atoms with Crippen LogP contribution in [0.15, 0.2) is 34.1 Å². The summed E-state index contributed by atoms with van der Waals surface area (Å²) in [5, 5.41) is 0.279. The maximum Gasteiger partial charge on any atom is 0.316 e. The van der Waals surface area contributed by atoms with E-state index < -0.39 is 0 Å². The molecular weight excluding hydrogens is 252 g/mol. The molecule has 0 atom stereocenters. The van der Waals surface area contributed by atoms with Crippen molar-refractivity contribution in [2.45, 2.75) is 11.9 Å². The molecule has 1 heterocycles. The minimum absolute atomic E-state index is 0.0856. The van der Waals surface area contributed by atoms with Crippen molar-refractivity contribution >= 4 is 28.8 Å². The molecule has 1 aromatic carbocycles. The van der Waals surface area contributed by atoms with E-state index >= 15 is 0 Å². The highest BCUT2D eigenvalue weighted by atomic mass is 32.2. The Morgan fingerprint density at radius 2 is 2.22 bits per heavy atom. The van der Waals surface area contributed by atoms with Gasteiger partial charge in [-0.25, -0.2) is 4.98 Å². The second-order valence-corrected chi connectivity index (χ2v) is 4.45. The third-order valence-electron chi connectivity index (χ3n) is 2.20. The zero-order valence-electron chi connectivity index (χ0n) is 9.80. The highest BCUT2D eigenvalue weighted by Crippen LogP contribution is 2.14. The monoisotopic (exact) mass is 264 g/mol. The summed E-state index contributed by atoms with van der Waals surface area (Å²) in [7, 11) is 0. The van der Waals surface area contributed by atoms with Gasteiger partial charge in [0.25, 0.3) is 5.56 Å². The number of thioether (sulfide) groups is 1. The van der Waals surface area contributed by atoms with Crippen molar-refractivity contribution in [3.63, 3.8) is 0 Å². The lowest BCUT2D eigenvalue weighted by molar-refractivity contribution is -0.139. The first kappa shape index (κ1) is 12.6. The first-order valence-electron chi connectivity index (χ1n) is 5.48. The maximum atomic E-state index is 11.7. The smallest absolute Gasteiger partial charge is 0.316 e. The molecule has 0 aliphatic carbocycles. The molecule has 0 radical (unpaired) electrons. The molecule has 0 saturated heterocycles. The van der Waals surface area contributed by atoms with E-state index in [0.717, 1.165) is 11.8 Å². The molecule has 0 aliphatic rings. The van der Waals surface area contributed by atoms with Gasteiger partial charge in [-0.1, -0.05) is 23.9 Å². The normalized spacial score (nSPS) is 10.5. The number of carbonyl (C=O) groups is 1. The molecule has 0 aliphatic heterocycles. The summed E-state index contributed by atoms with van der Waals surface area (Å²) in [5.74, 6) is -0.265. The molecule has 94 valence electrons.